The minimum atomic E-state index is -4.80. The Kier molecular flexibility index (Phi) is 4.03. The molecule has 0 spiro atoms. The van der Waals surface area contributed by atoms with E-state index in [4.69, 9.17) is 0 Å². The van der Waals surface area contributed by atoms with Crippen LogP contribution in [0.1, 0.15) is 10.4 Å². The second-order valence-electron chi connectivity index (χ2n) is 4.76. The van der Waals surface area contributed by atoms with Gasteiger partial charge in [0.1, 0.15) is 11.3 Å². The molecule has 0 saturated heterocycles. The monoisotopic (exact) mass is 333 g/mol. The number of alkyl halides is 3. The summed E-state index contributed by atoms with van der Waals surface area (Å²) >= 11 is 0. The number of halogens is 3. The molecule has 0 fully saturated rings. The van der Waals surface area contributed by atoms with Crippen molar-refractivity contribution in [1.29, 1.82) is 0 Å². The Bertz CT molecular complexity index is 892. The van der Waals surface area contributed by atoms with Crippen molar-refractivity contribution in [2.45, 2.75) is 6.36 Å². The van der Waals surface area contributed by atoms with Gasteiger partial charge in [0.05, 0.1) is 11.1 Å². The van der Waals surface area contributed by atoms with E-state index in [-0.39, 0.29) is 11.3 Å². The van der Waals surface area contributed by atoms with E-state index in [1.165, 1.54) is 24.5 Å². The van der Waals surface area contributed by atoms with Gasteiger partial charge in [-0.05, 0) is 24.3 Å². The van der Waals surface area contributed by atoms with Crippen LogP contribution < -0.4 is 10.1 Å². The summed E-state index contributed by atoms with van der Waals surface area (Å²) in [6.07, 6.45) is -1.84. The van der Waals surface area contributed by atoms with Crippen molar-refractivity contribution in [2.75, 3.05) is 5.32 Å². The number of hydrogen-bond acceptors (Lipinski definition) is 4. The quantitative estimate of drug-likeness (QED) is 0.792. The van der Waals surface area contributed by atoms with Crippen LogP contribution in [0, 0.1) is 0 Å². The van der Waals surface area contributed by atoms with Crippen LogP contribution in [0.2, 0.25) is 0 Å². The van der Waals surface area contributed by atoms with Gasteiger partial charge in [-0.3, -0.25) is 14.8 Å². The second-order valence-corrected chi connectivity index (χ2v) is 4.76. The second kappa shape index (κ2) is 6.15. The highest BCUT2D eigenvalue weighted by molar-refractivity contribution is 6.11. The van der Waals surface area contributed by atoms with E-state index >= 15 is 0 Å². The lowest BCUT2D eigenvalue weighted by atomic mass is 10.1. The lowest BCUT2D eigenvalue weighted by Crippen LogP contribution is -2.17. The van der Waals surface area contributed by atoms with Crippen LogP contribution in [0.25, 0.3) is 11.0 Å². The van der Waals surface area contributed by atoms with E-state index in [1.807, 2.05) is 0 Å². The SMILES string of the molecule is O=C(Nc1cccc(OC(F)(F)F)c1)c1cccc2nccnc12. The van der Waals surface area contributed by atoms with Crippen molar-refractivity contribution in [3.8, 4) is 5.75 Å². The molecule has 1 amide bonds. The van der Waals surface area contributed by atoms with Crippen LogP contribution in [0.4, 0.5) is 18.9 Å². The van der Waals surface area contributed by atoms with Crippen LogP contribution in [-0.2, 0) is 0 Å². The Morgan fingerprint density at radius 2 is 1.79 bits per heavy atom. The zero-order valence-electron chi connectivity index (χ0n) is 12.0. The Morgan fingerprint density at radius 3 is 2.58 bits per heavy atom. The molecule has 5 nitrogen and oxygen atoms in total. The molecule has 1 N–H and O–H groups in total. The first-order valence-electron chi connectivity index (χ1n) is 6.79. The van der Waals surface area contributed by atoms with Gasteiger partial charge in [0.2, 0.25) is 0 Å². The van der Waals surface area contributed by atoms with Crippen LogP contribution >= 0.6 is 0 Å². The van der Waals surface area contributed by atoms with Crippen LogP contribution in [0.3, 0.4) is 0 Å². The fraction of sp³-hybridized carbons (Fsp3) is 0.0625. The van der Waals surface area contributed by atoms with Crippen LogP contribution in [0.15, 0.2) is 54.9 Å². The topological polar surface area (TPSA) is 64.1 Å². The number of nitrogens with zero attached hydrogens (tertiary/aromatic N) is 2. The Labute approximate surface area is 134 Å². The molecule has 1 aromatic heterocycles. The van der Waals surface area contributed by atoms with Gasteiger partial charge in [-0.15, -0.1) is 13.2 Å². The first kappa shape index (κ1) is 15.7. The summed E-state index contributed by atoms with van der Waals surface area (Å²) in [6, 6.07) is 9.95. The maximum Gasteiger partial charge on any atom is 0.573 e. The molecule has 0 radical (unpaired) electrons. The van der Waals surface area contributed by atoms with Gasteiger partial charge >= 0.3 is 6.36 Å². The number of carbonyl (C=O) groups excluding carboxylic acids is 1. The average molecular weight is 333 g/mol. The normalized spacial score (nSPS) is 11.3. The minimum Gasteiger partial charge on any atom is -0.406 e. The molecule has 0 bridgehead atoms. The van der Waals surface area contributed by atoms with E-state index in [0.717, 1.165) is 12.1 Å². The number of para-hydroxylation sites is 1. The van der Waals surface area contributed by atoms with Gasteiger partial charge < -0.3 is 10.1 Å². The summed E-state index contributed by atoms with van der Waals surface area (Å²) in [5.41, 5.74) is 1.38. The van der Waals surface area contributed by atoms with Crippen molar-refractivity contribution >= 4 is 22.6 Å². The summed E-state index contributed by atoms with van der Waals surface area (Å²) in [5.74, 6) is -0.928. The fourth-order valence-electron chi connectivity index (χ4n) is 2.15. The lowest BCUT2D eigenvalue weighted by molar-refractivity contribution is -0.274. The summed E-state index contributed by atoms with van der Waals surface area (Å²) in [5, 5.41) is 2.52. The summed E-state index contributed by atoms with van der Waals surface area (Å²) < 4.78 is 40.6. The van der Waals surface area contributed by atoms with Crippen LogP contribution in [-0.4, -0.2) is 22.2 Å². The summed E-state index contributed by atoms with van der Waals surface area (Å²) in [7, 11) is 0. The number of hydrogen-bond donors (Lipinski definition) is 1. The molecular weight excluding hydrogens is 323 g/mol. The Balaban J connectivity index is 1.86. The van der Waals surface area contributed by atoms with Gasteiger partial charge in [0, 0.05) is 24.1 Å². The number of aromatic nitrogens is 2. The first-order valence-corrected chi connectivity index (χ1v) is 6.79. The number of fused-ring (bicyclic) bond motifs is 1. The van der Waals surface area contributed by atoms with E-state index in [2.05, 4.69) is 20.0 Å². The third kappa shape index (κ3) is 3.60. The molecule has 122 valence electrons. The molecule has 3 aromatic rings. The zero-order chi connectivity index (χ0) is 17.2. The average Bonchev–Trinajstić information content (AvgIpc) is 2.53. The number of carbonyl (C=O) groups is 1. The summed E-state index contributed by atoms with van der Waals surface area (Å²) in [6.45, 7) is 0. The lowest BCUT2D eigenvalue weighted by Gasteiger charge is -2.11. The van der Waals surface area contributed by atoms with Crippen molar-refractivity contribution in [3.05, 3.63) is 60.4 Å². The predicted molar refractivity (Wildman–Crippen MR) is 80.6 cm³/mol. The molecule has 0 unspecified atom stereocenters. The van der Waals surface area contributed by atoms with Crippen molar-refractivity contribution < 1.29 is 22.7 Å². The Hall–Kier alpha value is -3.16. The number of amides is 1. The van der Waals surface area contributed by atoms with Gasteiger partial charge in [-0.1, -0.05) is 12.1 Å². The van der Waals surface area contributed by atoms with Crippen LogP contribution in [0.5, 0.6) is 5.75 Å². The standard InChI is InChI=1S/C16H10F3N3O2/c17-16(18,19)24-11-4-1-3-10(9-11)22-15(23)12-5-2-6-13-14(12)21-8-7-20-13/h1-9H,(H,22,23). The zero-order valence-corrected chi connectivity index (χ0v) is 12.0. The number of rotatable bonds is 3. The third-order valence-electron chi connectivity index (χ3n) is 3.07. The minimum absolute atomic E-state index is 0.169. The van der Waals surface area contributed by atoms with Gasteiger partial charge in [0.15, 0.2) is 0 Å². The summed E-state index contributed by atoms with van der Waals surface area (Å²) in [4.78, 5) is 20.6. The molecule has 0 aliphatic carbocycles. The van der Waals surface area contributed by atoms with E-state index in [1.54, 1.807) is 18.2 Å². The smallest absolute Gasteiger partial charge is 0.406 e. The molecule has 0 saturated carbocycles. The van der Waals surface area contributed by atoms with E-state index in [0.29, 0.717) is 11.0 Å². The maximum absolute atomic E-state index is 12.4. The number of benzene rings is 2. The largest absolute Gasteiger partial charge is 0.573 e. The molecule has 1 heterocycles. The highest BCUT2D eigenvalue weighted by Crippen LogP contribution is 2.25. The molecule has 0 aliphatic rings. The molecule has 0 atom stereocenters. The molecule has 3 rings (SSSR count). The number of nitrogens with one attached hydrogen (secondary N) is 1. The van der Waals surface area contributed by atoms with Crippen molar-refractivity contribution in [2.24, 2.45) is 0 Å². The van der Waals surface area contributed by atoms with Gasteiger partial charge in [-0.25, -0.2) is 0 Å². The molecule has 0 aliphatic heterocycles. The fourth-order valence-corrected chi connectivity index (χ4v) is 2.15. The van der Waals surface area contributed by atoms with Crippen molar-refractivity contribution in [1.82, 2.24) is 9.97 Å². The highest BCUT2D eigenvalue weighted by atomic mass is 19.4. The molecule has 8 heteroatoms. The van der Waals surface area contributed by atoms with Gasteiger partial charge in [-0.2, -0.15) is 0 Å². The van der Waals surface area contributed by atoms with Gasteiger partial charge in [0.25, 0.3) is 5.91 Å². The molecular formula is C16H10F3N3O2. The number of anilines is 1. The van der Waals surface area contributed by atoms with E-state index in [9.17, 15) is 18.0 Å². The maximum atomic E-state index is 12.4. The predicted octanol–water partition coefficient (Wildman–Crippen LogP) is 3.78. The van der Waals surface area contributed by atoms with E-state index < -0.39 is 18.0 Å². The molecule has 2 aromatic carbocycles. The Morgan fingerprint density at radius 1 is 1.04 bits per heavy atom. The highest BCUT2D eigenvalue weighted by Gasteiger charge is 2.31. The third-order valence-corrected chi connectivity index (χ3v) is 3.07. The van der Waals surface area contributed by atoms with Crippen molar-refractivity contribution in [3.63, 3.8) is 0 Å². The molecule has 24 heavy (non-hydrogen) atoms. The number of ether oxygens (including phenoxy) is 1. The first-order chi connectivity index (χ1) is 11.4.